The van der Waals surface area contributed by atoms with Crippen molar-refractivity contribution in [1.29, 1.82) is 0 Å². The summed E-state index contributed by atoms with van der Waals surface area (Å²) in [5, 5.41) is 6.37. The van der Waals surface area contributed by atoms with Crippen molar-refractivity contribution in [3.8, 4) is 0 Å². The van der Waals surface area contributed by atoms with Gasteiger partial charge in [0.25, 0.3) is 5.91 Å². The first-order valence-corrected chi connectivity index (χ1v) is 8.23. The number of hydrogen-bond donors (Lipinski definition) is 2. The summed E-state index contributed by atoms with van der Waals surface area (Å²) >= 11 is 2.26. The second kappa shape index (κ2) is 9.61. The molecule has 2 rings (SSSR count). The van der Waals surface area contributed by atoms with Crippen LogP contribution >= 0.6 is 35.0 Å². The van der Waals surface area contributed by atoms with E-state index in [0.717, 1.165) is 60.4 Å². The van der Waals surface area contributed by atoms with Crippen LogP contribution < -0.4 is 10.6 Å². The summed E-state index contributed by atoms with van der Waals surface area (Å²) in [6.07, 6.45) is 1.01. The topological polar surface area (TPSA) is 44.4 Å². The van der Waals surface area contributed by atoms with Gasteiger partial charge in [-0.05, 0) is 60.2 Å². The Labute approximate surface area is 146 Å². The summed E-state index contributed by atoms with van der Waals surface area (Å²) in [6, 6.07) is 5.85. The number of carbonyl (C=O) groups excluding carboxylic acids is 1. The smallest absolute Gasteiger partial charge is 0.251 e. The Morgan fingerprint density at radius 2 is 2.10 bits per heavy atom. The predicted molar refractivity (Wildman–Crippen MR) is 97.4 cm³/mol. The molecular formula is C15H23ClIN3O. The Hall–Kier alpha value is -0.370. The molecule has 0 bridgehead atoms. The molecule has 1 aliphatic heterocycles. The zero-order valence-corrected chi connectivity index (χ0v) is 15.3. The molecule has 1 amide bonds. The molecule has 118 valence electrons. The average Bonchev–Trinajstić information content (AvgIpc) is 2.47. The number of benzene rings is 1. The van der Waals surface area contributed by atoms with Crippen LogP contribution in [-0.4, -0.2) is 50.1 Å². The first-order chi connectivity index (χ1) is 9.68. The summed E-state index contributed by atoms with van der Waals surface area (Å²) in [4.78, 5) is 14.6. The van der Waals surface area contributed by atoms with E-state index >= 15 is 0 Å². The van der Waals surface area contributed by atoms with E-state index in [4.69, 9.17) is 0 Å². The van der Waals surface area contributed by atoms with Crippen molar-refractivity contribution in [3.05, 3.63) is 32.9 Å². The highest BCUT2D eigenvalue weighted by atomic mass is 127. The van der Waals surface area contributed by atoms with E-state index in [1.807, 2.05) is 25.1 Å². The standard InChI is InChI=1S/C15H22IN3O.ClH/c1-12-13(4-2-5-14(12)16)15(20)18-6-3-9-19-10-7-17-8-11-19;/h2,4-5,17H,3,6-11H2,1H3,(H,18,20);1H. The van der Waals surface area contributed by atoms with Crippen molar-refractivity contribution in [3.63, 3.8) is 0 Å². The number of rotatable bonds is 5. The molecule has 0 radical (unpaired) electrons. The molecule has 1 saturated heterocycles. The van der Waals surface area contributed by atoms with Crippen molar-refractivity contribution in [2.24, 2.45) is 0 Å². The van der Waals surface area contributed by atoms with E-state index in [0.29, 0.717) is 0 Å². The fourth-order valence-corrected chi connectivity index (χ4v) is 2.89. The average molecular weight is 424 g/mol. The van der Waals surface area contributed by atoms with E-state index in [-0.39, 0.29) is 18.3 Å². The molecule has 1 aliphatic rings. The molecule has 1 aromatic carbocycles. The van der Waals surface area contributed by atoms with Crippen LogP contribution in [0.25, 0.3) is 0 Å². The fraction of sp³-hybridized carbons (Fsp3) is 0.533. The normalized spacial score (nSPS) is 15.3. The zero-order chi connectivity index (χ0) is 14.4. The summed E-state index contributed by atoms with van der Waals surface area (Å²) < 4.78 is 1.14. The number of hydrogen-bond acceptors (Lipinski definition) is 3. The van der Waals surface area contributed by atoms with Crippen LogP contribution in [0.3, 0.4) is 0 Å². The third-order valence-electron chi connectivity index (χ3n) is 3.66. The Bertz CT molecular complexity index is 464. The molecule has 1 heterocycles. The van der Waals surface area contributed by atoms with E-state index in [9.17, 15) is 4.79 Å². The van der Waals surface area contributed by atoms with Gasteiger partial charge in [-0.1, -0.05) is 6.07 Å². The van der Waals surface area contributed by atoms with E-state index in [1.54, 1.807) is 0 Å². The Morgan fingerprint density at radius 3 is 2.81 bits per heavy atom. The largest absolute Gasteiger partial charge is 0.352 e. The zero-order valence-electron chi connectivity index (χ0n) is 12.3. The lowest BCUT2D eigenvalue weighted by atomic mass is 10.1. The number of halogens is 2. The maximum absolute atomic E-state index is 12.1. The van der Waals surface area contributed by atoms with Gasteiger partial charge in [-0.3, -0.25) is 4.79 Å². The van der Waals surface area contributed by atoms with Gasteiger partial charge in [0.05, 0.1) is 0 Å². The molecule has 2 N–H and O–H groups in total. The van der Waals surface area contributed by atoms with Crippen LogP contribution in [0.4, 0.5) is 0 Å². The van der Waals surface area contributed by atoms with Crippen LogP contribution in [0.5, 0.6) is 0 Å². The fourth-order valence-electron chi connectivity index (χ4n) is 2.39. The minimum absolute atomic E-state index is 0. The van der Waals surface area contributed by atoms with Gasteiger partial charge >= 0.3 is 0 Å². The summed E-state index contributed by atoms with van der Waals surface area (Å²) in [7, 11) is 0. The van der Waals surface area contributed by atoms with E-state index < -0.39 is 0 Å². The second-order valence-electron chi connectivity index (χ2n) is 5.11. The summed E-state index contributed by atoms with van der Waals surface area (Å²) in [5.74, 6) is 0.0429. The van der Waals surface area contributed by atoms with Crippen LogP contribution in [0, 0.1) is 10.5 Å². The van der Waals surface area contributed by atoms with Crippen LogP contribution in [0.1, 0.15) is 22.3 Å². The monoisotopic (exact) mass is 423 g/mol. The number of nitrogens with one attached hydrogen (secondary N) is 2. The van der Waals surface area contributed by atoms with Gasteiger partial charge in [-0.2, -0.15) is 0 Å². The van der Waals surface area contributed by atoms with Gasteiger partial charge in [0.2, 0.25) is 0 Å². The summed E-state index contributed by atoms with van der Waals surface area (Å²) in [6.45, 7) is 8.19. The lowest BCUT2D eigenvalue weighted by Crippen LogP contribution is -2.44. The van der Waals surface area contributed by atoms with Gasteiger partial charge in [0, 0.05) is 41.9 Å². The number of carbonyl (C=O) groups is 1. The molecule has 0 atom stereocenters. The van der Waals surface area contributed by atoms with Gasteiger partial charge < -0.3 is 15.5 Å². The molecule has 0 spiro atoms. The maximum Gasteiger partial charge on any atom is 0.251 e. The van der Waals surface area contributed by atoms with Crippen molar-refractivity contribution in [2.75, 3.05) is 39.3 Å². The van der Waals surface area contributed by atoms with Crippen LogP contribution in [0.15, 0.2) is 18.2 Å². The van der Waals surface area contributed by atoms with Gasteiger partial charge in [-0.15, -0.1) is 12.4 Å². The first-order valence-electron chi connectivity index (χ1n) is 7.15. The van der Waals surface area contributed by atoms with Crippen LogP contribution in [-0.2, 0) is 0 Å². The highest BCUT2D eigenvalue weighted by molar-refractivity contribution is 14.1. The lowest BCUT2D eigenvalue weighted by molar-refractivity contribution is 0.0950. The molecule has 0 saturated carbocycles. The second-order valence-corrected chi connectivity index (χ2v) is 6.28. The molecule has 0 aliphatic carbocycles. The molecular weight excluding hydrogens is 401 g/mol. The van der Waals surface area contributed by atoms with Gasteiger partial charge in [0.1, 0.15) is 0 Å². The van der Waals surface area contributed by atoms with Crippen molar-refractivity contribution >= 4 is 40.9 Å². The number of nitrogens with zero attached hydrogens (tertiary/aromatic N) is 1. The van der Waals surface area contributed by atoms with Gasteiger partial charge in [-0.25, -0.2) is 0 Å². The molecule has 0 aromatic heterocycles. The quantitative estimate of drug-likeness (QED) is 0.563. The highest BCUT2D eigenvalue weighted by Crippen LogP contribution is 2.15. The Morgan fingerprint density at radius 1 is 1.38 bits per heavy atom. The van der Waals surface area contributed by atoms with Crippen molar-refractivity contribution in [2.45, 2.75) is 13.3 Å². The molecule has 1 aromatic rings. The van der Waals surface area contributed by atoms with Crippen LogP contribution in [0.2, 0.25) is 0 Å². The molecule has 21 heavy (non-hydrogen) atoms. The number of amides is 1. The lowest BCUT2D eigenvalue weighted by Gasteiger charge is -2.27. The van der Waals surface area contributed by atoms with E-state index in [2.05, 4.69) is 38.1 Å². The molecule has 6 heteroatoms. The van der Waals surface area contributed by atoms with Crippen molar-refractivity contribution in [1.82, 2.24) is 15.5 Å². The minimum Gasteiger partial charge on any atom is -0.352 e. The third-order valence-corrected chi connectivity index (χ3v) is 4.83. The third kappa shape index (κ3) is 5.73. The minimum atomic E-state index is 0. The Kier molecular flexibility index (Phi) is 8.55. The van der Waals surface area contributed by atoms with E-state index in [1.165, 1.54) is 0 Å². The molecule has 0 unspecified atom stereocenters. The van der Waals surface area contributed by atoms with Crippen molar-refractivity contribution < 1.29 is 4.79 Å². The first kappa shape index (κ1) is 18.7. The summed E-state index contributed by atoms with van der Waals surface area (Å²) in [5.41, 5.74) is 1.85. The SMILES string of the molecule is Cc1c(I)cccc1C(=O)NCCCN1CCNCC1.Cl. The highest BCUT2D eigenvalue weighted by Gasteiger charge is 2.11. The maximum atomic E-state index is 12.1. The predicted octanol–water partition coefficient (Wildman–Crippen LogP) is 2.05. The number of piperazine rings is 1. The molecule has 4 nitrogen and oxygen atoms in total. The van der Waals surface area contributed by atoms with Gasteiger partial charge in [0.15, 0.2) is 0 Å². The Balaban J connectivity index is 0.00000220. The molecule has 1 fully saturated rings.